The van der Waals surface area contributed by atoms with Crippen LogP contribution in [0.1, 0.15) is 29.3 Å². The van der Waals surface area contributed by atoms with Crippen LogP contribution in [0, 0.1) is 6.92 Å². The average molecular weight is 228 g/mol. The van der Waals surface area contributed by atoms with Crippen LogP contribution in [0.2, 0.25) is 0 Å². The van der Waals surface area contributed by atoms with Crippen molar-refractivity contribution in [2.45, 2.75) is 31.1 Å². The number of hydrazine groups is 1. The first-order valence-corrected chi connectivity index (χ1v) is 6.87. The topological polar surface area (TPSA) is 38.0 Å². The minimum absolute atomic E-state index is 0.350. The van der Waals surface area contributed by atoms with E-state index < -0.39 is 0 Å². The summed E-state index contributed by atoms with van der Waals surface area (Å²) in [5, 5.41) is 2.81. The van der Waals surface area contributed by atoms with E-state index in [-0.39, 0.29) is 0 Å². The first-order valence-electron chi connectivity index (χ1n) is 4.94. The molecule has 0 amide bonds. The van der Waals surface area contributed by atoms with Crippen molar-refractivity contribution in [3.05, 3.63) is 21.9 Å². The maximum atomic E-state index is 5.66. The summed E-state index contributed by atoms with van der Waals surface area (Å²) >= 11 is 3.86. The van der Waals surface area contributed by atoms with Crippen LogP contribution in [-0.2, 0) is 0 Å². The molecule has 0 bridgehead atoms. The van der Waals surface area contributed by atoms with E-state index in [2.05, 4.69) is 23.8 Å². The van der Waals surface area contributed by atoms with Gasteiger partial charge in [-0.1, -0.05) is 0 Å². The van der Waals surface area contributed by atoms with Gasteiger partial charge < -0.3 is 0 Å². The molecule has 0 radical (unpaired) electrons. The molecule has 78 valence electrons. The molecule has 4 heteroatoms. The smallest absolute Gasteiger partial charge is 0.0674 e. The molecule has 1 aliphatic rings. The summed E-state index contributed by atoms with van der Waals surface area (Å²) in [5.41, 5.74) is 4.34. The molecular weight excluding hydrogens is 212 g/mol. The Kier molecular flexibility index (Phi) is 3.49. The summed E-state index contributed by atoms with van der Waals surface area (Å²) in [7, 11) is 0. The van der Waals surface area contributed by atoms with E-state index in [1.54, 1.807) is 0 Å². The Morgan fingerprint density at radius 1 is 1.64 bits per heavy atom. The van der Waals surface area contributed by atoms with Gasteiger partial charge in [-0.25, -0.2) is 0 Å². The molecule has 14 heavy (non-hydrogen) atoms. The Morgan fingerprint density at radius 2 is 2.50 bits per heavy atom. The van der Waals surface area contributed by atoms with E-state index in [0.29, 0.717) is 11.3 Å². The van der Waals surface area contributed by atoms with Crippen LogP contribution in [0.25, 0.3) is 0 Å². The van der Waals surface area contributed by atoms with Crippen LogP contribution in [0.15, 0.2) is 11.4 Å². The quantitative estimate of drug-likeness (QED) is 0.616. The lowest BCUT2D eigenvalue weighted by molar-refractivity contribution is 0.526. The number of aryl methyl sites for hydroxylation is 1. The second kappa shape index (κ2) is 4.66. The number of thioether (sulfide) groups is 1. The molecule has 2 atom stereocenters. The highest BCUT2D eigenvalue weighted by Crippen LogP contribution is 2.38. The van der Waals surface area contributed by atoms with Gasteiger partial charge in [-0.15, -0.1) is 11.3 Å². The van der Waals surface area contributed by atoms with Gasteiger partial charge in [0, 0.05) is 10.1 Å². The standard InChI is InChI=1S/C10H16N2S2/c1-7-4-6-14-10(7)9(12-11)8-3-2-5-13-8/h4,6,8-9,12H,2-3,5,11H2,1H3. The number of hydrogen-bond donors (Lipinski definition) is 2. The number of hydrogen-bond acceptors (Lipinski definition) is 4. The number of rotatable bonds is 3. The van der Waals surface area contributed by atoms with Crippen molar-refractivity contribution in [2.75, 3.05) is 5.75 Å². The Morgan fingerprint density at radius 3 is 3.00 bits per heavy atom. The molecule has 2 heterocycles. The van der Waals surface area contributed by atoms with Gasteiger partial charge in [-0.05, 0) is 42.5 Å². The summed E-state index contributed by atoms with van der Waals surface area (Å²) in [6, 6.07) is 2.52. The Bertz CT molecular complexity index is 292. The van der Waals surface area contributed by atoms with Crippen LogP contribution < -0.4 is 11.3 Å². The Hall–Kier alpha value is -0.0300. The molecule has 0 saturated carbocycles. The van der Waals surface area contributed by atoms with Crippen LogP contribution in [0.5, 0.6) is 0 Å². The SMILES string of the molecule is Cc1ccsc1C(NN)C1CCCS1. The first kappa shape index (κ1) is 10.5. The molecule has 2 nitrogen and oxygen atoms in total. The molecule has 1 saturated heterocycles. The maximum Gasteiger partial charge on any atom is 0.0674 e. The van der Waals surface area contributed by atoms with Crippen molar-refractivity contribution in [2.24, 2.45) is 5.84 Å². The van der Waals surface area contributed by atoms with Gasteiger partial charge in [-0.2, -0.15) is 11.8 Å². The van der Waals surface area contributed by atoms with E-state index in [1.807, 2.05) is 23.1 Å². The van der Waals surface area contributed by atoms with Crippen molar-refractivity contribution >= 4 is 23.1 Å². The van der Waals surface area contributed by atoms with Crippen molar-refractivity contribution in [3.8, 4) is 0 Å². The Balaban J connectivity index is 2.16. The second-order valence-electron chi connectivity index (χ2n) is 3.66. The van der Waals surface area contributed by atoms with Gasteiger partial charge in [0.1, 0.15) is 0 Å². The fourth-order valence-electron chi connectivity index (χ4n) is 1.92. The van der Waals surface area contributed by atoms with Crippen LogP contribution in [0.3, 0.4) is 0 Å². The second-order valence-corrected chi connectivity index (χ2v) is 5.96. The van der Waals surface area contributed by atoms with Crippen LogP contribution in [0.4, 0.5) is 0 Å². The molecule has 1 aromatic rings. The summed E-state index contributed by atoms with van der Waals surface area (Å²) in [4.78, 5) is 1.41. The maximum absolute atomic E-state index is 5.66. The molecule has 0 spiro atoms. The number of nitrogens with two attached hydrogens (primary N) is 1. The third-order valence-corrected chi connectivity index (χ3v) is 5.26. The van der Waals surface area contributed by atoms with Crippen molar-refractivity contribution in [1.29, 1.82) is 0 Å². The molecule has 1 aliphatic heterocycles. The summed E-state index contributed by atoms with van der Waals surface area (Å²) < 4.78 is 0. The zero-order chi connectivity index (χ0) is 9.97. The largest absolute Gasteiger partial charge is 0.271 e. The van der Waals surface area contributed by atoms with Crippen LogP contribution in [-0.4, -0.2) is 11.0 Å². The molecule has 1 fully saturated rings. The highest BCUT2D eigenvalue weighted by Gasteiger charge is 2.27. The third-order valence-electron chi connectivity index (χ3n) is 2.70. The fraction of sp³-hybridized carbons (Fsp3) is 0.600. The van der Waals surface area contributed by atoms with E-state index in [9.17, 15) is 0 Å². The number of thiophene rings is 1. The van der Waals surface area contributed by atoms with Gasteiger partial charge >= 0.3 is 0 Å². The highest BCUT2D eigenvalue weighted by atomic mass is 32.2. The molecular formula is C10H16N2S2. The van der Waals surface area contributed by atoms with Crippen molar-refractivity contribution in [1.82, 2.24) is 5.43 Å². The molecule has 1 aromatic heterocycles. The third kappa shape index (κ3) is 1.98. The van der Waals surface area contributed by atoms with E-state index in [1.165, 1.54) is 29.0 Å². The van der Waals surface area contributed by atoms with E-state index in [0.717, 1.165) is 0 Å². The predicted octanol–water partition coefficient (Wildman–Crippen LogP) is 2.46. The average Bonchev–Trinajstić information content (AvgIpc) is 2.80. The van der Waals surface area contributed by atoms with Crippen molar-refractivity contribution < 1.29 is 0 Å². The van der Waals surface area contributed by atoms with Gasteiger partial charge in [0.15, 0.2) is 0 Å². The fourth-order valence-corrected chi connectivity index (χ4v) is 4.43. The predicted molar refractivity (Wildman–Crippen MR) is 64.6 cm³/mol. The Labute approximate surface area is 93.2 Å². The van der Waals surface area contributed by atoms with E-state index >= 15 is 0 Å². The highest BCUT2D eigenvalue weighted by molar-refractivity contribution is 8.00. The zero-order valence-electron chi connectivity index (χ0n) is 8.32. The molecule has 2 unspecified atom stereocenters. The molecule has 0 aliphatic carbocycles. The van der Waals surface area contributed by atoms with Crippen molar-refractivity contribution in [3.63, 3.8) is 0 Å². The summed E-state index contributed by atoms with van der Waals surface area (Å²) in [6.45, 7) is 2.16. The lowest BCUT2D eigenvalue weighted by atomic mass is 10.1. The molecule has 2 rings (SSSR count). The van der Waals surface area contributed by atoms with Crippen LogP contribution >= 0.6 is 23.1 Å². The number of nitrogens with one attached hydrogen (secondary N) is 1. The van der Waals surface area contributed by atoms with Gasteiger partial charge in [0.2, 0.25) is 0 Å². The minimum atomic E-state index is 0.350. The summed E-state index contributed by atoms with van der Waals surface area (Å²) in [5.74, 6) is 6.94. The lowest BCUT2D eigenvalue weighted by Crippen LogP contribution is -2.34. The first-order chi connectivity index (χ1) is 6.83. The lowest BCUT2D eigenvalue weighted by Gasteiger charge is -2.21. The van der Waals surface area contributed by atoms with Gasteiger partial charge in [0.25, 0.3) is 0 Å². The van der Waals surface area contributed by atoms with E-state index in [4.69, 9.17) is 5.84 Å². The minimum Gasteiger partial charge on any atom is -0.271 e. The normalized spacial score (nSPS) is 24.0. The monoisotopic (exact) mass is 228 g/mol. The zero-order valence-corrected chi connectivity index (χ0v) is 9.96. The molecule has 0 aromatic carbocycles. The molecule has 3 N–H and O–H groups in total. The summed E-state index contributed by atoms with van der Waals surface area (Å²) in [6.07, 6.45) is 2.62. The van der Waals surface area contributed by atoms with Gasteiger partial charge in [0.05, 0.1) is 6.04 Å². The van der Waals surface area contributed by atoms with Gasteiger partial charge in [-0.3, -0.25) is 11.3 Å².